The van der Waals surface area contributed by atoms with Crippen molar-refractivity contribution in [2.75, 3.05) is 5.32 Å². The first-order valence-electron chi connectivity index (χ1n) is 12.4. The van der Waals surface area contributed by atoms with E-state index in [1.807, 2.05) is 6.07 Å². The van der Waals surface area contributed by atoms with E-state index in [9.17, 15) is 20.0 Å². The van der Waals surface area contributed by atoms with Gasteiger partial charge < -0.3 is 20.7 Å². The van der Waals surface area contributed by atoms with Gasteiger partial charge in [-0.2, -0.15) is 14.9 Å². The normalized spacial score (nSPS) is 24.0. The molecular formula is C24H27N9O3. The molecule has 36 heavy (non-hydrogen) atoms. The zero-order chi connectivity index (χ0) is 24.9. The second-order valence-electron chi connectivity index (χ2n) is 10.0. The number of anilines is 1. The van der Waals surface area contributed by atoms with Crippen molar-refractivity contribution in [3.8, 4) is 11.9 Å². The van der Waals surface area contributed by atoms with Gasteiger partial charge >= 0.3 is 5.69 Å². The number of aromatic amines is 2. The molecule has 0 bridgehead atoms. The number of H-pyrrole nitrogens is 2. The van der Waals surface area contributed by atoms with E-state index in [2.05, 4.69) is 31.8 Å². The van der Waals surface area contributed by atoms with E-state index >= 15 is 0 Å². The first-order valence-corrected chi connectivity index (χ1v) is 12.4. The zero-order valence-electron chi connectivity index (χ0n) is 19.6. The number of carbonyl (C=O) groups excluding carboxylic acids is 1. The van der Waals surface area contributed by atoms with Gasteiger partial charge in [-0.15, -0.1) is 0 Å². The van der Waals surface area contributed by atoms with Gasteiger partial charge in [0.25, 0.3) is 0 Å². The molecule has 3 aromatic rings. The first-order chi connectivity index (χ1) is 17.4. The Bertz CT molecular complexity index is 1540. The molecule has 6 rings (SSSR count). The van der Waals surface area contributed by atoms with Gasteiger partial charge in [0, 0.05) is 23.4 Å². The van der Waals surface area contributed by atoms with Crippen molar-refractivity contribution < 1.29 is 9.90 Å². The molecule has 0 unspecified atom stereocenters. The van der Waals surface area contributed by atoms with Crippen LogP contribution in [0, 0.1) is 16.7 Å². The highest BCUT2D eigenvalue weighted by atomic mass is 16.3. The highest BCUT2D eigenvalue weighted by molar-refractivity contribution is 5.88. The maximum atomic E-state index is 12.4. The van der Waals surface area contributed by atoms with E-state index in [1.165, 1.54) is 0 Å². The van der Waals surface area contributed by atoms with E-state index in [0.29, 0.717) is 35.0 Å². The summed E-state index contributed by atoms with van der Waals surface area (Å²) in [4.78, 5) is 38.3. The van der Waals surface area contributed by atoms with Crippen molar-refractivity contribution in [3.63, 3.8) is 0 Å². The average molecular weight is 490 g/mol. The molecule has 0 saturated heterocycles. The van der Waals surface area contributed by atoms with Crippen LogP contribution in [0.1, 0.15) is 57.1 Å². The van der Waals surface area contributed by atoms with Crippen LogP contribution in [0.2, 0.25) is 0 Å². The SMILES string of the molecule is N#CC1(C(=O)NC2CCC(Nc3cc(=NC4CC4)n4ncc(=Cc5[nH]c(=O)[nH]c5O)c4n3)CC2)CC1. The third-order valence-corrected chi connectivity index (χ3v) is 7.19. The number of imidazole rings is 1. The zero-order valence-corrected chi connectivity index (χ0v) is 19.6. The van der Waals surface area contributed by atoms with E-state index in [4.69, 9.17) is 9.98 Å². The van der Waals surface area contributed by atoms with Crippen LogP contribution in [0.5, 0.6) is 5.88 Å². The van der Waals surface area contributed by atoms with Crippen LogP contribution in [0.4, 0.5) is 5.82 Å². The molecule has 12 heteroatoms. The molecule has 12 nitrogen and oxygen atoms in total. The molecular weight excluding hydrogens is 462 g/mol. The Kier molecular flexibility index (Phi) is 5.28. The maximum absolute atomic E-state index is 12.4. The molecule has 0 atom stereocenters. The minimum atomic E-state index is -0.792. The molecule has 3 aliphatic rings. The van der Waals surface area contributed by atoms with E-state index in [1.54, 1.807) is 16.8 Å². The summed E-state index contributed by atoms with van der Waals surface area (Å²) >= 11 is 0. The highest BCUT2D eigenvalue weighted by Gasteiger charge is 2.51. The highest BCUT2D eigenvalue weighted by Crippen LogP contribution is 2.45. The molecule has 3 aromatic heterocycles. The molecule has 1 amide bonds. The molecule has 0 spiro atoms. The Morgan fingerprint density at radius 1 is 1.22 bits per heavy atom. The van der Waals surface area contributed by atoms with Crippen LogP contribution in [0.15, 0.2) is 22.1 Å². The third kappa shape index (κ3) is 4.32. The van der Waals surface area contributed by atoms with Crippen molar-refractivity contribution in [1.29, 1.82) is 5.26 Å². The number of carbonyl (C=O) groups is 1. The number of rotatable bonds is 6. The number of nitrogens with one attached hydrogen (secondary N) is 4. The maximum Gasteiger partial charge on any atom is 0.326 e. The monoisotopic (exact) mass is 489 g/mol. The van der Waals surface area contributed by atoms with Gasteiger partial charge in [0.1, 0.15) is 16.9 Å². The summed E-state index contributed by atoms with van der Waals surface area (Å²) in [6, 6.07) is 4.62. The Morgan fingerprint density at radius 2 is 1.97 bits per heavy atom. The lowest BCUT2D eigenvalue weighted by atomic mass is 9.90. The Balaban J connectivity index is 1.23. The number of nitrogens with zero attached hydrogens (tertiary/aromatic N) is 5. The van der Waals surface area contributed by atoms with Crippen LogP contribution in [0.3, 0.4) is 0 Å². The minimum absolute atomic E-state index is 0.0875. The predicted molar refractivity (Wildman–Crippen MR) is 129 cm³/mol. The van der Waals surface area contributed by atoms with Crippen molar-refractivity contribution in [2.45, 2.75) is 69.5 Å². The Hall–Kier alpha value is -4.14. The van der Waals surface area contributed by atoms with Crippen molar-refractivity contribution in [2.24, 2.45) is 10.4 Å². The van der Waals surface area contributed by atoms with E-state index in [-0.39, 0.29) is 35.6 Å². The van der Waals surface area contributed by atoms with Gasteiger partial charge in [0.15, 0.2) is 11.1 Å². The third-order valence-electron chi connectivity index (χ3n) is 7.19. The summed E-state index contributed by atoms with van der Waals surface area (Å²) in [6.45, 7) is 0. The standard InChI is InChI=1S/C24H27N9O3/c25-12-24(7-8-24)22(35)29-16-5-1-14(2-6-16)27-18-10-19(28-15-3-4-15)33-20(31-18)13(11-26-33)9-17-21(34)32-23(36)30-17/h9-11,14-16,27,34H,1-8H2,(H,29,35)(H2,30,32,36). The van der Waals surface area contributed by atoms with Crippen LogP contribution < -0.4 is 27.0 Å². The van der Waals surface area contributed by atoms with Crippen molar-refractivity contribution >= 4 is 23.4 Å². The average Bonchev–Trinajstić information content (AvgIpc) is 3.77. The van der Waals surface area contributed by atoms with Crippen LogP contribution in [-0.2, 0) is 4.79 Å². The van der Waals surface area contributed by atoms with Gasteiger partial charge in [-0.25, -0.2) is 9.78 Å². The van der Waals surface area contributed by atoms with E-state index in [0.717, 1.165) is 38.5 Å². The second kappa shape index (κ2) is 8.51. The molecule has 5 N–H and O–H groups in total. The fraction of sp³-hybridized carbons (Fsp3) is 0.500. The molecule has 0 aliphatic heterocycles. The molecule has 3 heterocycles. The lowest BCUT2D eigenvalue weighted by Crippen LogP contribution is -2.43. The summed E-state index contributed by atoms with van der Waals surface area (Å²) in [5, 5.41) is 30.9. The molecule has 0 radical (unpaired) electrons. The second-order valence-corrected chi connectivity index (χ2v) is 10.0. The molecule has 0 aromatic carbocycles. The summed E-state index contributed by atoms with van der Waals surface area (Å²) in [7, 11) is 0. The van der Waals surface area contributed by atoms with Crippen LogP contribution >= 0.6 is 0 Å². The van der Waals surface area contributed by atoms with Gasteiger partial charge in [-0.3, -0.25) is 14.8 Å². The summed E-state index contributed by atoms with van der Waals surface area (Å²) in [6.07, 6.45) is 10.1. The van der Waals surface area contributed by atoms with Gasteiger partial charge in [0.2, 0.25) is 11.8 Å². The number of fused-ring (bicyclic) bond motifs is 1. The van der Waals surface area contributed by atoms with Gasteiger partial charge in [0.05, 0.1) is 18.3 Å². The predicted octanol–water partition coefficient (Wildman–Crippen LogP) is 0.205. The van der Waals surface area contributed by atoms with Gasteiger partial charge in [-0.05, 0) is 57.4 Å². The number of aromatic hydroxyl groups is 1. The number of nitriles is 1. The fourth-order valence-corrected chi connectivity index (χ4v) is 4.70. The molecule has 3 saturated carbocycles. The first kappa shape index (κ1) is 22.3. The Morgan fingerprint density at radius 3 is 2.61 bits per heavy atom. The summed E-state index contributed by atoms with van der Waals surface area (Å²) in [5.41, 5.74) is 0.221. The van der Waals surface area contributed by atoms with Crippen molar-refractivity contribution in [3.05, 3.63) is 39.1 Å². The number of amides is 1. The lowest BCUT2D eigenvalue weighted by molar-refractivity contribution is -0.125. The van der Waals surface area contributed by atoms with Crippen molar-refractivity contribution in [1.82, 2.24) is 29.9 Å². The molecule has 3 aliphatic carbocycles. The van der Waals surface area contributed by atoms with Crippen LogP contribution in [-0.4, -0.2) is 53.7 Å². The Labute approximate surface area is 205 Å². The number of hydrogen-bond donors (Lipinski definition) is 5. The summed E-state index contributed by atoms with van der Waals surface area (Å²) < 4.78 is 1.67. The fourth-order valence-electron chi connectivity index (χ4n) is 4.70. The number of hydrogen-bond acceptors (Lipinski definition) is 8. The summed E-state index contributed by atoms with van der Waals surface area (Å²) in [5.74, 6) is 0.305. The van der Waals surface area contributed by atoms with Gasteiger partial charge in [-0.1, -0.05) is 0 Å². The minimum Gasteiger partial charge on any atom is -0.493 e. The smallest absolute Gasteiger partial charge is 0.326 e. The quantitative estimate of drug-likeness (QED) is 0.328. The largest absolute Gasteiger partial charge is 0.493 e. The van der Waals surface area contributed by atoms with E-state index < -0.39 is 11.1 Å². The number of aromatic nitrogens is 5. The topological polar surface area (TPSA) is 176 Å². The van der Waals surface area contributed by atoms with Crippen LogP contribution in [0.25, 0.3) is 11.7 Å². The molecule has 186 valence electrons. The lowest BCUT2D eigenvalue weighted by Gasteiger charge is -2.30. The molecule has 3 fully saturated rings.